The second-order valence-corrected chi connectivity index (χ2v) is 20.4. The molecule has 4 aliphatic heterocycles. The summed E-state index contributed by atoms with van der Waals surface area (Å²) in [5.74, 6) is 0. The molecule has 0 bridgehead atoms. The topological polar surface area (TPSA) is 87.1 Å². The van der Waals surface area contributed by atoms with Crippen LogP contribution in [0.1, 0.15) is 0 Å². The standard InChI is InChI=1S/C66H42B3N9/c1-7-49(37-70-25-1)43-13-19-61-55(31-43)58-34-46(52-10-4-28-73-40-52)16-22-64(58)76-67(61)77-65-23-17-47(53-11-5-29-74-41-53)35-59(65)56-32-45(51-9-3-27-72-39-51)15-21-63(56)69(77)78-66-24-18-48(54-12-6-30-75-42-54)36-60(66)57-33-44(14-20-62(57)68(76)78)50-8-2-26-71-38-50/h1-42H. The molecule has 12 heteroatoms. The van der Waals surface area contributed by atoms with Gasteiger partial charge in [0.25, 0.3) is 0 Å². The van der Waals surface area contributed by atoms with Crippen molar-refractivity contribution in [3.63, 3.8) is 0 Å². The first-order valence-electron chi connectivity index (χ1n) is 26.3. The number of pyridine rings is 6. The van der Waals surface area contributed by atoms with Crippen molar-refractivity contribution >= 4 is 54.4 Å². The largest absolute Gasteiger partial charge is 0.416 e. The average molecular weight is 994 g/mol. The van der Waals surface area contributed by atoms with Gasteiger partial charge in [-0.1, -0.05) is 91.0 Å². The molecule has 10 heterocycles. The molecular formula is C66H42B3N9. The maximum absolute atomic E-state index is 4.58. The Kier molecular flexibility index (Phi) is 10.0. The van der Waals surface area contributed by atoms with Crippen LogP contribution in [0, 0.1) is 0 Å². The number of fused-ring (bicyclic) bond motifs is 21. The highest BCUT2D eigenvalue weighted by molar-refractivity contribution is 7.16. The van der Waals surface area contributed by atoms with E-state index in [0.29, 0.717) is 0 Å². The Bertz CT molecular complexity index is 3580. The molecule has 6 aromatic heterocycles. The number of aromatic nitrogens is 6. The number of rotatable bonds is 6. The van der Waals surface area contributed by atoms with Crippen LogP contribution in [0.15, 0.2) is 256 Å². The maximum Gasteiger partial charge on any atom is 0.389 e. The SMILES string of the molecule is c1cncc(-c2ccc3c(c2)-c2cc(-c4cccnc4)ccc2N2B3N3B(c4ccc(-c5cccnc5)cc4-c4cc(-c5cccnc5)ccc43)N3B2c2ccc(-c4cccnc4)cc2-c2cc(-c4cccnc4)ccc23)c1. The van der Waals surface area contributed by atoms with Gasteiger partial charge in [0.15, 0.2) is 0 Å². The van der Waals surface area contributed by atoms with Crippen molar-refractivity contribution in [3.8, 4) is 100 Å². The van der Waals surface area contributed by atoms with Gasteiger partial charge in [0, 0.05) is 141 Å². The number of hydrogen-bond acceptors (Lipinski definition) is 9. The average Bonchev–Trinajstić information content (AvgIpc) is 2.46. The van der Waals surface area contributed by atoms with Gasteiger partial charge in [-0.05, 0) is 157 Å². The van der Waals surface area contributed by atoms with Crippen LogP contribution in [0.25, 0.3) is 100 Å². The predicted molar refractivity (Wildman–Crippen MR) is 319 cm³/mol. The van der Waals surface area contributed by atoms with Gasteiger partial charge in [0.05, 0.1) is 0 Å². The summed E-state index contributed by atoms with van der Waals surface area (Å²) in [5.41, 5.74) is 27.1. The predicted octanol–water partition coefficient (Wildman–Crippen LogP) is 12.0. The normalized spacial score (nSPS) is 13.2. The fraction of sp³-hybridized carbons (Fsp3) is 0. The van der Waals surface area contributed by atoms with Gasteiger partial charge >= 0.3 is 20.9 Å². The zero-order chi connectivity index (χ0) is 51.3. The van der Waals surface area contributed by atoms with Gasteiger partial charge in [-0.25, -0.2) is 0 Å². The van der Waals surface area contributed by atoms with E-state index in [2.05, 4.69) is 190 Å². The zero-order valence-corrected chi connectivity index (χ0v) is 42.0. The van der Waals surface area contributed by atoms with Crippen molar-refractivity contribution in [3.05, 3.63) is 256 Å². The Morgan fingerprint density at radius 2 is 0.436 bits per heavy atom. The molecule has 0 amide bonds. The second-order valence-electron chi connectivity index (χ2n) is 20.4. The summed E-state index contributed by atoms with van der Waals surface area (Å²) in [6, 6.07) is 67.3. The minimum atomic E-state index is -0.290. The Morgan fingerprint density at radius 3 is 0.654 bits per heavy atom. The molecular weight excluding hydrogens is 951 g/mol. The van der Waals surface area contributed by atoms with Gasteiger partial charge < -0.3 is 14.2 Å². The van der Waals surface area contributed by atoms with Crippen molar-refractivity contribution in [2.45, 2.75) is 0 Å². The van der Waals surface area contributed by atoms with E-state index >= 15 is 0 Å². The first kappa shape index (κ1) is 44.1. The fourth-order valence-electron chi connectivity index (χ4n) is 12.7. The van der Waals surface area contributed by atoms with Crippen LogP contribution in [0.2, 0.25) is 0 Å². The second kappa shape index (κ2) is 17.7. The van der Waals surface area contributed by atoms with E-state index in [1.165, 1.54) is 33.1 Å². The van der Waals surface area contributed by atoms with E-state index in [9.17, 15) is 0 Å². The first-order valence-corrected chi connectivity index (χ1v) is 26.3. The highest BCUT2D eigenvalue weighted by Gasteiger charge is 2.61. The molecule has 78 heavy (non-hydrogen) atoms. The lowest BCUT2D eigenvalue weighted by Gasteiger charge is -2.61. The molecule has 1 fully saturated rings. The maximum atomic E-state index is 4.58. The summed E-state index contributed by atoms with van der Waals surface area (Å²) in [7, 11) is 0. The number of benzene rings is 6. The molecule has 0 radical (unpaired) electrons. The lowest BCUT2D eigenvalue weighted by molar-refractivity contribution is 1.26. The van der Waals surface area contributed by atoms with Crippen molar-refractivity contribution < 1.29 is 0 Å². The third-order valence-electron chi connectivity index (χ3n) is 16.2. The van der Waals surface area contributed by atoms with Crippen LogP contribution in [0.3, 0.4) is 0 Å². The van der Waals surface area contributed by atoms with Crippen LogP contribution < -0.4 is 30.6 Å². The molecule has 12 aromatic rings. The van der Waals surface area contributed by atoms with E-state index < -0.39 is 0 Å². The Balaban J connectivity index is 1.02. The van der Waals surface area contributed by atoms with Gasteiger partial charge in [0.2, 0.25) is 0 Å². The summed E-state index contributed by atoms with van der Waals surface area (Å²) in [6.07, 6.45) is 22.8. The summed E-state index contributed by atoms with van der Waals surface area (Å²) in [5, 5.41) is 0. The fourth-order valence-corrected chi connectivity index (χ4v) is 12.7. The molecule has 360 valence electrons. The molecule has 16 rings (SSSR count). The first-order chi connectivity index (χ1) is 38.7. The zero-order valence-electron chi connectivity index (χ0n) is 42.0. The minimum Gasteiger partial charge on any atom is -0.416 e. The van der Waals surface area contributed by atoms with E-state index in [0.717, 1.165) is 101 Å². The third kappa shape index (κ3) is 6.92. The highest BCUT2D eigenvalue weighted by Crippen LogP contribution is 2.51. The summed E-state index contributed by atoms with van der Waals surface area (Å²) < 4.78 is 8.16. The number of anilines is 3. The summed E-state index contributed by atoms with van der Waals surface area (Å²) >= 11 is 0. The molecule has 9 nitrogen and oxygen atoms in total. The third-order valence-corrected chi connectivity index (χ3v) is 16.2. The van der Waals surface area contributed by atoms with Crippen LogP contribution in [0.5, 0.6) is 0 Å². The van der Waals surface area contributed by atoms with E-state index in [1.807, 2.05) is 111 Å². The lowest BCUT2D eigenvalue weighted by Crippen LogP contribution is -2.88. The molecule has 0 unspecified atom stereocenters. The van der Waals surface area contributed by atoms with Crippen LogP contribution >= 0.6 is 0 Å². The lowest BCUT2D eigenvalue weighted by atomic mass is 9.33. The van der Waals surface area contributed by atoms with Gasteiger partial charge in [-0.2, -0.15) is 0 Å². The molecule has 0 aliphatic carbocycles. The molecule has 1 saturated heterocycles. The number of hydrogen-bond donors (Lipinski definition) is 0. The van der Waals surface area contributed by atoms with E-state index in [-0.39, 0.29) is 20.9 Å². The van der Waals surface area contributed by atoms with Crippen LogP contribution in [-0.4, -0.2) is 50.9 Å². The Labute approximate surface area is 452 Å². The van der Waals surface area contributed by atoms with Gasteiger partial charge in [-0.15, -0.1) is 0 Å². The van der Waals surface area contributed by atoms with Crippen LogP contribution in [-0.2, 0) is 0 Å². The number of nitrogens with zero attached hydrogens (tertiary/aromatic N) is 9. The minimum absolute atomic E-state index is 0.290. The summed E-state index contributed by atoms with van der Waals surface area (Å²) in [4.78, 5) is 27.5. The van der Waals surface area contributed by atoms with Crippen molar-refractivity contribution in [1.82, 2.24) is 29.9 Å². The quantitative estimate of drug-likeness (QED) is 0.151. The molecule has 0 spiro atoms. The highest BCUT2D eigenvalue weighted by atomic mass is 15.3. The smallest absolute Gasteiger partial charge is 0.389 e. The molecule has 4 aliphatic rings. The Hall–Kier alpha value is -10.2. The van der Waals surface area contributed by atoms with E-state index in [4.69, 9.17) is 0 Å². The van der Waals surface area contributed by atoms with E-state index in [1.54, 1.807) is 0 Å². The van der Waals surface area contributed by atoms with Crippen molar-refractivity contribution in [2.75, 3.05) is 14.2 Å². The summed E-state index contributed by atoms with van der Waals surface area (Å²) in [6.45, 7) is -0.869. The molecule has 6 aromatic carbocycles. The van der Waals surface area contributed by atoms with Crippen molar-refractivity contribution in [1.29, 1.82) is 0 Å². The van der Waals surface area contributed by atoms with Gasteiger partial charge in [-0.3, -0.25) is 29.9 Å². The monoisotopic (exact) mass is 993 g/mol. The van der Waals surface area contributed by atoms with Crippen molar-refractivity contribution in [2.24, 2.45) is 0 Å². The molecule has 0 N–H and O–H groups in total. The Morgan fingerprint density at radius 1 is 0.218 bits per heavy atom. The van der Waals surface area contributed by atoms with Gasteiger partial charge in [0.1, 0.15) is 0 Å². The van der Waals surface area contributed by atoms with Crippen LogP contribution in [0.4, 0.5) is 17.1 Å². The molecule has 0 atom stereocenters. The molecule has 0 saturated carbocycles.